The largest absolute Gasteiger partial charge is 0.508 e. The van der Waals surface area contributed by atoms with Crippen molar-refractivity contribution in [3.63, 3.8) is 0 Å². The van der Waals surface area contributed by atoms with Crippen LogP contribution in [0.25, 0.3) is 0 Å². The number of thioether (sulfide) groups is 1. The Morgan fingerprint density at radius 2 is 2.35 bits per heavy atom. The van der Waals surface area contributed by atoms with Crippen molar-refractivity contribution in [1.82, 2.24) is 10.6 Å². The Morgan fingerprint density at radius 1 is 1.53 bits per heavy atom. The third-order valence-electron chi connectivity index (χ3n) is 2.72. The number of para-hydroxylation sites is 1. The van der Waals surface area contributed by atoms with Crippen molar-refractivity contribution in [1.29, 1.82) is 0 Å². The summed E-state index contributed by atoms with van der Waals surface area (Å²) in [6, 6.07) is 7.13. The SMILES string of the molecule is O=C(NCCc1ccccc1O)C1CSCN1. The first kappa shape index (κ1) is 12.3. The third-order valence-corrected chi connectivity index (χ3v) is 3.66. The summed E-state index contributed by atoms with van der Waals surface area (Å²) in [5, 5.41) is 15.6. The highest BCUT2D eigenvalue weighted by molar-refractivity contribution is 7.99. The summed E-state index contributed by atoms with van der Waals surface area (Å²) in [5.41, 5.74) is 0.863. The molecule has 0 aromatic heterocycles. The Hall–Kier alpha value is -1.20. The number of hydrogen-bond donors (Lipinski definition) is 3. The zero-order valence-electron chi connectivity index (χ0n) is 9.48. The summed E-state index contributed by atoms with van der Waals surface area (Å²) >= 11 is 1.73. The highest BCUT2D eigenvalue weighted by Crippen LogP contribution is 2.15. The minimum Gasteiger partial charge on any atom is -0.508 e. The van der Waals surface area contributed by atoms with Crippen molar-refractivity contribution in [3.05, 3.63) is 29.8 Å². The number of phenols is 1. The number of rotatable bonds is 4. The van der Waals surface area contributed by atoms with Crippen LogP contribution in [-0.4, -0.2) is 35.2 Å². The third kappa shape index (κ3) is 3.38. The normalized spacial score (nSPS) is 19.2. The zero-order valence-corrected chi connectivity index (χ0v) is 10.3. The predicted octanol–water partition coefficient (Wildman–Crippen LogP) is 0.713. The summed E-state index contributed by atoms with van der Waals surface area (Å²) in [5.74, 6) is 2.02. The van der Waals surface area contributed by atoms with Gasteiger partial charge in [-0.1, -0.05) is 18.2 Å². The molecule has 1 unspecified atom stereocenters. The topological polar surface area (TPSA) is 61.4 Å². The Labute approximate surface area is 105 Å². The summed E-state index contributed by atoms with van der Waals surface area (Å²) in [6.07, 6.45) is 0.651. The van der Waals surface area contributed by atoms with Gasteiger partial charge in [-0.25, -0.2) is 0 Å². The number of amides is 1. The van der Waals surface area contributed by atoms with E-state index in [0.717, 1.165) is 17.2 Å². The van der Waals surface area contributed by atoms with Gasteiger partial charge in [-0.2, -0.15) is 0 Å². The summed E-state index contributed by atoms with van der Waals surface area (Å²) in [6.45, 7) is 0.555. The van der Waals surface area contributed by atoms with Crippen molar-refractivity contribution in [3.8, 4) is 5.75 Å². The van der Waals surface area contributed by atoms with Crippen LogP contribution in [-0.2, 0) is 11.2 Å². The van der Waals surface area contributed by atoms with Crippen LogP contribution in [0.15, 0.2) is 24.3 Å². The fourth-order valence-corrected chi connectivity index (χ4v) is 2.67. The first-order chi connectivity index (χ1) is 8.27. The molecular formula is C12H16N2O2S. The van der Waals surface area contributed by atoms with Crippen LogP contribution in [0, 0.1) is 0 Å². The molecule has 1 heterocycles. The Bertz CT molecular complexity index is 392. The lowest BCUT2D eigenvalue weighted by atomic mass is 10.1. The molecule has 1 fully saturated rings. The number of nitrogens with one attached hydrogen (secondary N) is 2. The number of carbonyl (C=O) groups is 1. The molecule has 1 aliphatic rings. The monoisotopic (exact) mass is 252 g/mol. The molecule has 1 saturated heterocycles. The smallest absolute Gasteiger partial charge is 0.238 e. The molecule has 5 heteroatoms. The predicted molar refractivity (Wildman–Crippen MR) is 69.1 cm³/mol. The first-order valence-electron chi connectivity index (χ1n) is 5.63. The maximum atomic E-state index is 11.7. The quantitative estimate of drug-likeness (QED) is 0.739. The molecule has 3 N–H and O–H groups in total. The molecule has 1 aromatic rings. The van der Waals surface area contributed by atoms with Crippen LogP contribution in [0.1, 0.15) is 5.56 Å². The molecule has 17 heavy (non-hydrogen) atoms. The zero-order chi connectivity index (χ0) is 12.1. The Morgan fingerprint density at radius 3 is 3.06 bits per heavy atom. The number of aromatic hydroxyl groups is 1. The van der Waals surface area contributed by atoms with Crippen LogP contribution >= 0.6 is 11.8 Å². The van der Waals surface area contributed by atoms with Gasteiger partial charge in [0, 0.05) is 18.2 Å². The summed E-state index contributed by atoms with van der Waals surface area (Å²) < 4.78 is 0. The molecule has 2 rings (SSSR count). The molecule has 0 radical (unpaired) electrons. The molecule has 92 valence electrons. The van der Waals surface area contributed by atoms with Gasteiger partial charge in [-0.05, 0) is 18.1 Å². The van der Waals surface area contributed by atoms with E-state index in [2.05, 4.69) is 10.6 Å². The highest BCUT2D eigenvalue weighted by Gasteiger charge is 2.21. The van der Waals surface area contributed by atoms with Crippen LogP contribution in [0.5, 0.6) is 5.75 Å². The van der Waals surface area contributed by atoms with E-state index in [9.17, 15) is 9.90 Å². The number of carbonyl (C=O) groups excluding carboxylic acids is 1. The van der Waals surface area contributed by atoms with Crippen LogP contribution in [0.3, 0.4) is 0 Å². The molecule has 1 amide bonds. The van der Waals surface area contributed by atoms with Crippen molar-refractivity contribution >= 4 is 17.7 Å². The second kappa shape index (κ2) is 5.93. The van der Waals surface area contributed by atoms with Crippen LogP contribution in [0.4, 0.5) is 0 Å². The molecule has 1 atom stereocenters. The van der Waals surface area contributed by atoms with E-state index in [1.807, 2.05) is 12.1 Å². The van der Waals surface area contributed by atoms with Gasteiger partial charge in [0.2, 0.25) is 5.91 Å². The second-order valence-electron chi connectivity index (χ2n) is 3.94. The molecule has 0 aliphatic carbocycles. The number of benzene rings is 1. The maximum Gasteiger partial charge on any atom is 0.238 e. The van der Waals surface area contributed by atoms with Crippen molar-refractivity contribution in [2.45, 2.75) is 12.5 Å². The van der Waals surface area contributed by atoms with Gasteiger partial charge in [0.25, 0.3) is 0 Å². The van der Waals surface area contributed by atoms with Crippen molar-refractivity contribution < 1.29 is 9.90 Å². The van der Waals surface area contributed by atoms with Gasteiger partial charge in [0.15, 0.2) is 0 Å². The highest BCUT2D eigenvalue weighted by atomic mass is 32.2. The lowest BCUT2D eigenvalue weighted by molar-refractivity contribution is -0.122. The number of phenolic OH excluding ortho intramolecular Hbond substituents is 1. The van der Waals surface area contributed by atoms with Gasteiger partial charge in [-0.3, -0.25) is 10.1 Å². The molecule has 0 saturated carbocycles. The first-order valence-corrected chi connectivity index (χ1v) is 6.78. The van der Waals surface area contributed by atoms with Crippen molar-refractivity contribution in [2.24, 2.45) is 0 Å². The summed E-state index contributed by atoms with van der Waals surface area (Å²) in [4.78, 5) is 11.7. The summed E-state index contributed by atoms with van der Waals surface area (Å²) in [7, 11) is 0. The Kier molecular flexibility index (Phi) is 4.28. The standard InChI is InChI=1S/C12H16N2O2S/c15-11-4-2-1-3-9(11)5-6-13-12(16)10-7-17-8-14-10/h1-4,10,14-15H,5-8H2,(H,13,16). The average Bonchev–Trinajstić information content (AvgIpc) is 2.85. The fourth-order valence-electron chi connectivity index (χ4n) is 1.73. The van der Waals surface area contributed by atoms with Gasteiger partial charge in [0.05, 0.1) is 6.04 Å². The lowest BCUT2D eigenvalue weighted by Crippen LogP contribution is -2.42. The van der Waals surface area contributed by atoms with E-state index in [1.165, 1.54) is 0 Å². The lowest BCUT2D eigenvalue weighted by Gasteiger charge is -2.10. The average molecular weight is 252 g/mol. The van der Waals surface area contributed by atoms with E-state index >= 15 is 0 Å². The van der Waals surface area contributed by atoms with E-state index in [-0.39, 0.29) is 17.7 Å². The van der Waals surface area contributed by atoms with E-state index in [0.29, 0.717) is 13.0 Å². The maximum absolute atomic E-state index is 11.7. The number of hydrogen-bond acceptors (Lipinski definition) is 4. The van der Waals surface area contributed by atoms with Crippen LogP contribution in [0.2, 0.25) is 0 Å². The fraction of sp³-hybridized carbons (Fsp3) is 0.417. The molecule has 4 nitrogen and oxygen atoms in total. The van der Waals surface area contributed by atoms with Gasteiger partial charge >= 0.3 is 0 Å². The van der Waals surface area contributed by atoms with E-state index in [1.54, 1.807) is 23.9 Å². The second-order valence-corrected chi connectivity index (χ2v) is 4.97. The minimum atomic E-state index is -0.0654. The minimum absolute atomic E-state index is 0.0467. The molecule has 1 aromatic carbocycles. The van der Waals surface area contributed by atoms with Crippen LogP contribution < -0.4 is 10.6 Å². The van der Waals surface area contributed by atoms with E-state index in [4.69, 9.17) is 0 Å². The van der Waals surface area contributed by atoms with Crippen molar-refractivity contribution in [2.75, 3.05) is 18.2 Å². The molecule has 1 aliphatic heterocycles. The molecular weight excluding hydrogens is 236 g/mol. The van der Waals surface area contributed by atoms with Gasteiger partial charge in [0.1, 0.15) is 5.75 Å². The molecule has 0 spiro atoms. The van der Waals surface area contributed by atoms with E-state index < -0.39 is 0 Å². The van der Waals surface area contributed by atoms with Gasteiger partial charge < -0.3 is 10.4 Å². The molecule has 0 bridgehead atoms. The Balaban J connectivity index is 1.76. The van der Waals surface area contributed by atoms with Gasteiger partial charge in [-0.15, -0.1) is 11.8 Å².